The predicted molar refractivity (Wildman–Crippen MR) is 87.9 cm³/mol. The molecular formula is C16H21F3N4O3. The molecule has 0 bridgehead atoms. The van der Waals surface area contributed by atoms with Crippen LogP contribution in [0.4, 0.5) is 23.8 Å². The second-order valence-corrected chi connectivity index (χ2v) is 6.06. The zero-order valence-electron chi connectivity index (χ0n) is 14.1. The molecule has 2 amide bonds. The molecule has 0 saturated carbocycles. The van der Waals surface area contributed by atoms with Gasteiger partial charge in [0.15, 0.2) is 0 Å². The van der Waals surface area contributed by atoms with E-state index >= 15 is 0 Å². The van der Waals surface area contributed by atoms with Crippen molar-refractivity contribution in [2.24, 2.45) is 0 Å². The van der Waals surface area contributed by atoms with Crippen LogP contribution in [-0.2, 0) is 11.0 Å². The number of nitrogens with one attached hydrogen (secondary N) is 2. The molecule has 1 aliphatic rings. The van der Waals surface area contributed by atoms with Gasteiger partial charge in [-0.3, -0.25) is 4.79 Å². The van der Waals surface area contributed by atoms with E-state index in [1.807, 2.05) is 4.90 Å². The van der Waals surface area contributed by atoms with Gasteiger partial charge in [-0.25, -0.2) is 9.78 Å². The Hall–Kier alpha value is -2.52. The minimum Gasteiger partial charge on any atom is -0.481 e. The molecule has 0 unspecified atom stereocenters. The number of alkyl halides is 3. The third kappa shape index (κ3) is 6.08. The molecule has 1 aromatic heterocycles. The van der Waals surface area contributed by atoms with Crippen molar-refractivity contribution in [3.8, 4) is 0 Å². The molecule has 2 heterocycles. The number of anilines is 1. The topological polar surface area (TPSA) is 94.6 Å². The number of amides is 2. The Morgan fingerprint density at radius 3 is 2.50 bits per heavy atom. The number of urea groups is 1. The van der Waals surface area contributed by atoms with Gasteiger partial charge in [-0.05, 0) is 31.4 Å². The molecule has 144 valence electrons. The number of nitrogens with zero attached hydrogens (tertiary/aromatic N) is 2. The molecule has 0 radical (unpaired) electrons. The van der Waals surface area contributed by atoms with E-state index in [9.17, 15) is 22.8 Å². The van der Waals surface area contributed by atoms with Gasteiger partial charge in [0.2, 0.25) is 0 Å². The van der Waals surface area contributed by atoms with Crippen LogP contribution in [0.1, 0.15) is 31.2 Å². The van der Waals surface area contributed by atoms with Gasteiger partial charge in [0.1, 0.15) is 5.82 Å². The zero-order chi connectivity index (χ0) is 19.2. The fourth-order valence-corrected chi connectivity index (χ4v) is 2.67. The summed E-state index contributed by atoms with van der Waals surface area (Å²) in [5, 5.41) is 13.9. The number of carboxylic acids is 1. The van der Waals surface area contributed by atoms with Crippen LogP contribution < -0.4 is 15.5 Å². The number of pyridine rings is 1. The molecule has 0 atom stereocenters. The molecule has 10 heteroatoms. The summed E-state index contributed by atoms with van der Waals surface area (Å²) >= 11 is 0. The fraction of sp³-hybridized carbons (Fsp3) is 0.562. The summed E-state index contributed by atoms with van der Waals surface area (Å²) in [6.45, 7) is 1.43. The number of carbonyl (C=O) groups excluding carboxylic acids is 1. The van der Waals surface area contributed by atoms with Crippen LogP contribution in [0.2, 0.25) is 0 Å². The number of aliphatic carboxylic acids is 1. The van der Waals surface area contributed by atoms with Gasteiger partial charge in [0.05, 0.1) is 5.56 Å². The van der Waals surface area contributed by atoms with Crippen molar-refractivity contribution in [1.82, 2.24) is 15.6 Å². The van der Waals surface area contributed by atoms with E-state index in [2.05, 4.69) is 15.6 Å². The summed E-state index contributed by atoms with van der Waals surface area (Å²) in [6.07, 6.45) is -1.93. The molecule has 7 nitrogen and oxygen atoms in total. The number of carboxylic acid groups (broad SMARTS) is 1. The van der Waals surface area contributed by atoms with E-state index in [1.54, 1.807) is 0 Å². The molecule has 2 rings (SSSR count). The lowest BCUT2D eigenvalue weighted by Gasteiger charge is -2.33. The molecular weight excluding hydrogens is 353 g/mol. The van der Waals surface area contributed by atoms with E-state index in [0.29, 0.717) is 38.2 Å². The number of rotatable bonds is 6. The first-order chi connectivity index (χ1) is 12.3. The van der Waals surface area contributed by atoms with Gasteiger partial charge < -0.3 is 20.6 Å². The van der Waals surface area contributed by atoms with Gasteiger partial charge in [-0.1, -0.05) is 0 Å². The first-order valence-corrected chi connectivity index (χ1v) is 8.30. The lowest BCUT2D eigenvalue weighted by molar-refractivity contribution is -0.138. The number of carbonyl (C=O) groups is 2. The molecule has 26 heavy (non-hydrogen) atoms. The summed E-state index contributed by atoms with van der Waals surface area (Å²) in [7, 11) is 0. The van der Waals surface area contributed by atoms with Crippen LogP contribution in [0, 0.1) is 0 Å². The summed E-state index contributed by atoms with van der Waals surface area (Å²) < 4.78 is 37.7. The number of piperidine rings is 1. The zero-order valence-corrected chi connectivity index (χ0v) is 14.1. The van der Waals surface area contributed by atoms with Crippen LogP contribution in [0.25, 0.3) is 0 Å². The Labute approximate surface area is 148 Å². The van der Waals surface area contributed by atoms with E-state index in [0.717, 1.165) is 12.3 Å². The normalized spacial score (nSPS) is 15.6. The van der Waals surface area contributed by atoms with Crippen LogP contribution in [0.15, 0.2) is 18.3 Å². The van der Waals surface area contributed by atoms with E-state index in [1.165, 1.54) is 6.07 Å². The molecule has 1 aliphatic heterocycles. The number of hydrogen-bond acceptors (Lipinski definition) is 4. The maximum atomic E-state index is 12.6. The number of hydrogen-bond donors (Lipinski definition) is 3. The van der Waals surface area contributed by atoms with Crippen molar-refractivity contribution in [3.63, 3.8) is 0 Å². The smallest absolute Gasteiger partial charge is 0.417 e. The largest absolute Gasteiger partial charge is 0.481 e. The van der Waals surface area contributed by atoms with E-state index in [4.69, 9.17) is 5.11 Å². The van der Waals surface area contributed by atoms with Crippen molar-refractivity contribution in [2.75, 3.05) is 24.5 Å². The van der Waals surface area contributed by atoms with Crippen LogP contribution in [0.5, 0.6) is 0 Å². The molecule has 1 fully saturated rings. The van der Waals surface area contributed by atoms with Gasteiger partial charge >= 0.3 is 18.2 Å². The second kappa shape index (κ2) is 8.72. The highest BCUT2D eigenvalue weighted by molar-refractivity contribution is 5.74. The second-order valence-electron chi connectivity index (χ2n) is 6.06. The summed E-state index contributed by atoms with van der Waals surface area (Å²) in [5.41, 5.74) is -0.780. The minimum atomic E-state index is -4.40. The maximum Gasteiger partial charge on any atom is 0.417 e. The highest BCUT2D eigenvalue weighted by Gasteiger charge is 2.31. The first kappa shape index (κ1) is 19.8. The third-order valence-electron chi connectivity index (χ3n) is 4.08. The summed E-state index contributed by atoms with van der Waals surface area (Å²) in [5.74, 6) is -0.425. The third-order valence-corrected chi connectivity index (χ3v) is 4.08. The Kier molecular flexibility index (Phi) is 6.64. The minimum absolute atomic E-state index is 0.00119. The number of halogens is 3. The molecule has 3 N–H and O–H groups in total. The lowest BCUT2D eigenvalue weighted by Crippen LogP contribution is -2.48. The molecule has 0 aromatic carbocycles. The van der Waals surface area contributed by atoms with E-state index in [-0.39, 0.29) is 25.0 Å². The van der Waals surface area contributed by atoms with Crippen molar-refractivity contribution < 1.29 is 27.9 Å². The van der Waals surface area contributed by atoms with Crippen LogP contribution in [0.3, 0.4) is 0 Å². The Morgan fingerprint density at radius 2 is 1.96 bits per heavy atom. The highest BCUT2D eigenvalue weighted by atomic mass is 19.4. The van der Waals surface area contributed by atoms with Gasteiger partial charge in [0, 0.05) is 38.3 Å². The predicted octanol–water partition coefficient (Wildman–Crippen LogP) is 2.23. The van der Waals surface area contributed by atoms with Gasteiger partial charge in [-0.2, -0.15) is 13.2 Å². The van der Waals surface area contributed by atoms with Crippen LogP contribution in [-0.4, -0.2) is 47.8 Å². The quantitative estimate of drug-likeness (QED) is 0.664. The van der Waals surface area contributed by atoms with Crippen molar-refractivity contribution >= 4 is 17.8 Å². The Balaban J connectivity index is 1.73. The average Bonchev–Trinajstić information content (AvgIpc) is 2.59. The standard InChI is InChI=1S/C16H21F3N4O3/c17-16(18,19)11-3-4-13(21-10-11)23-8-5-12(6-9-23)22-15(26)20-7-1-2-14(24)25/h3-4,10,12H,1-2,5-9H2,(H,24,25)(H2,20,22,26). The first-order valence-electron chi connectivity index (χ1n) is 8.30. The molecule has 1 aromatic rings. The van der Waals surface area contributed by atoms with Crippen LogP contribution >= 0.6 is 0 Å². The van der Waals surface area contributed by atoms with Crippen molar-refractivity contribution in [2.45, 2.75) is 37.9 Å². The highest BCUT2D eigenvalue weighted by Crippen LogP contribution is 2.29. The average molecular weight is 374 g/mol. The lowest BCUT2D eigenvalue weighted by atomic mass is 10.1. The van der Waals surface area contributed by atoms with Gasteiger partial charge in [-0.15, -0.1) is 0 Å². The summed E-state index contributed by atoms with van der Waals surface area (Å²) in [4.78, 5) is 27.9. The van der Waals surface area contributed by atoms with E-state index < -0.39 is 17.7 Å². The SMILES string of the molecule is O=C(O)CCCNC(=O)NC1CCN(c2ccc(C(F)(F)F)cn2)CC1. The Bertz CT molecular complexity index is 614. The van der Waals surface area contributed by atoms with Crippen molar-refractivity contribution in [3.05, 3.63) is 23.9 Å². The monoisotopic (exact) mass is 374 g/mol. The maximum absolute atomic E-state index is 12.6. The van der Waals surface area contributed by atoms with Crippen molar-refractivity contribution in [1.29, 1.82) is 0 Å². The fourth-order valence-electron chi connectivity index (χ4n) is 2.67. The summed E-state index contributed by atoms with van der Waals surface area (Å²) in [6, 6.07) is 1.98. The van der Waals surface area contributed by atoms with Gasteiger partial charge in [0.25, 0.3) is 0 Å². The number of aromatic nitrogens is 1. The molecule has 1 saturated heterocycles. The molecule has 0 aliphatic carbocycles. The molecule has 0 spiro atoms. The Morgan fingerprint density at radius 1 is 1.27 bits per heavy atom.